The molecule has 0 amide bonds. The molecule has 0 spiro atoms. The van der Waals surface area contributed by atoms with Crippen LogP contribution in [0.4, 0.5) is 0 Å². The van der Waals surface area contributed by atoms with Crippen LogP contribution in [0.1, 0.15) is 41.1 Å². The minimum Gasteiger partial charge on any atom is -0.497 e. The Morgan fingerprint density at radius 3 is 2.63 bits per heavy atom. The number of methoxy groups -OCH3 is 1. The number of pyridine rings is 1. The molecule has 1 fully saturated rings. The van der Waals surface area contributed by atoms with Crippen molar-refractivity contribution in [2.24, 2.45) is 5.18 Å². The maximum absolute atomic E-state index is 12.5. The molecule has 148 valence electrons. The Labute approximate surface area is 174 Å². The van der Waals surface area contributed by atoms with Gasteiger partial charge in [-0.05, 0) is 36.1 Å². The van der Waals surface area contributed by atoms with Crippen LogP contribution in [0.2, 0.25) is 0 Å². The third kappa shape index (κ3) is 2.26. The summed E-state index contributed by atoms with van der Waals surface area (Å²) < 4.78 is 12.0. The van der Waals surface area contributed by atoms with Crippen LogP contribution in [0.25, 0.3) is 0 Å². The van der Waals surface area contributed by atoms with E-state index >= 15 is 0 Å². The number of fused-ring (bicyclic) bond motifs is 3. The van der Waals surface area contributed by atoms with Gasteiger partial charge >= 0.3 is 0 Å². The number of ether oxygens (including phenoxy) is 2. The van der Waals surface area contributed by atoms with E-state index in [0.29, 0.717) is 23.4 Å². The van der Waals surface area contributed by atoms with Gasteiger partial charge in [-0.3, -0.25) is 4.98 Å². The normalized spacial score (nSPS) is 26.2. The zero-order valence-electron chi connectivity index (χ0n) is 16.4. The summed E-state index contributed by atoms with van der Waals surface area (Å²) in [6.07, 6.45) is 2.71. The Kier molecular flexibility index (Phi) is 4.07. The number of rotatable bonds is 4. The van der Waals surface area contributed by atoms with Crippen molar-refractivity contribution < 1.29 is 9.47 Å². The monoisotopic (exact) mass is 397 g/mol. The summed E-state index contributed by atoms with van der Waals surface area (Å²) in [4.78, 5) is 17.0. The van der Waals surface area contributed by atoms with Gasteiger partial charge in [-0.25, -0.2) is 0 Å². The summed E-state index contributed by atoms with van der Waals surface area (Å²) in [6.45, 7) is 0. The molecule has 3 unspecified atom stereocenters. The summed E-state index contributed by atoms with van der Waals surface area (Å²) in [6, 6.07) is 21.4. The van der Waals surface area contributed by atoms with Crippen LogP contribution in [0, 0.1) is 16.2 Å². The molecular formula is C24H19N3O3. The minimum absolute atomic E-state index is 0.107. The summed E-state index contributed by atoms with van der Waals surface area (Å²) in [5.74, 6) is 1.06. The van der Waals surface area contributed by atoms with E-state index in [1.54, 1.807) is 13.2 Å². The van der Waals surface area contributed by atoms with Crippen LogP contribution >= 0.6 is 0 Å². The first kappa shape index (κ1) is 18.3. The highest BCUT2D eigenvalue weighted by molar-refractivity contribution is 5.54. The van der Waals surface area contributed by atoms with Crippen molar-refractivity contribution >= 4 is 0 Å². The third-order valence-corrected chi connectivity index (χ3v) is 6.42. The Hall–Kier alpha value is -3.72. The van der Waals surface area contributed by atoms with Crippen molar-refractivity contribution in [1.82, 2.24) is 4.98 Å². The molecular weight excluding hydrogens is 378 g/mol. The first-order valence-electron chi connectivity index (χ1n) is 9.82. The molecule has 30 heavy (non-hydrogen) atoms. The standard InChI is InChI=1S/C24H19N3O3/c1-29-19-9-7-18(8-10-19)24-20(17-5-3-2-4-6-17)11-12-23(24,27-28)22-21(30-24)13-16(14-25)15-26-22/h2-10,13,15,20H,11-12H2,1H3. The molecule has 6 nitrogen and oxygen atoms in total. The van der Waals surface area contributed by atoms with Gasteiger partial charge in [0.1, 0.15) is 23.3 Å². The number of benzene rings is 2. The van der Waals surface area contributed by atoms with Crippen molar-refractivity contribution in [3.8, 4) is 17.6 Å². The van der Waals surface area contributed by atoms with Gasteiger partial charge in [-0.15, -0.1) is 4.91 Å². The predicted molar refractivity (Wildman–Crippen MR) is 110 cm³/mol. The summed E-state index contributed by atoms with van der Waals surface area (Å²) in [5.41, 5.74) is 0.580. The van der Waals surface area contributed by atoms with Gasteiger partial charge in [0, 0.05) is 18.2 Å². The highest BCUT2D eigenvalue weighted by atomic mass is 16.5. The molecule has 0 saturated heterocycles. The van der Waals surface area contributed by atoms with E-state index in [4.69, 9.17) is 9.47 Å². The molecule has 1 aliphatic heterocycles. The Bertz CT molecular complexity index is 1160. The van der Waals surface area contributed by atoms with Gasteiger partial charge in [0.05, 0.1) is 12.7 Å². The van der Waals surface area contributed by atoms with Crippen molar-refractivity contribution in [2.45, 2.75) is 29.9 Å². The predicted octanol–water partition coefficient (Wildman–Crippen LogP) is 4.79. The van der Waals surface area contributed by atoms with Gasteiger partial charge < -0.3 is 9.47 Å². The molecule has 1 aromatic heterocycles. The zero-order chi connectivity index (χ0) is 20.8. The van der Waals surface area contributed by atoms with Crippen molar-refractivity contribution in [3.63, 3.8) is 0 Å². The lowest BCUT2D eigenvalue weighted by Gasteiger charge is -2.39. The quantitative estimate of drug-likeness (QED) is 0.591. The van der Waals surface area contributed by atoms with Crippen LogP contribution in [0.3, 0.4) is 0 Å². The van der Waals surface area contributed by atoms with Crippen molar-refractivity contribution in [3.05, 3.63) is 94.2 Å². The smallest absolute Gasteiger partial charge is 0.192 e. The summed E-state index contributed by atoms with van der Waals surface area (Å²) in [7, 11) is 1.61. The molecule has 1 aliphatic carbocycles. The number of hydrogen-bond donors (Lipinski definition) is 0. The van der Waals surface area contributed by atoms with E-state index < -0.39 is 11.1 Å². The second kappa shape index (κ2) is 6.67. The van der Waals surface area contributed by atoms with Crippen LogP contribution in [-0.4, -0.2) is 12.1 Å². The topological polar surface area (TPSA) is 84.6 Å². The second-order valence-electron chi connectivity index (χ2n) is 7.70. The number of nitrogens with zero attached hydrogens (tertiary/aromatic N) is 3. The number of aromatic nitrogens is 1. The van der Waals surface area contributed by atoms with E-state index in [2.05, 4.69) is 28.4 Å². The molecule has 3 aromatic rings. The summed E-state index contributed by atoms with van der Waals surface area (Å²) in [5, 5.41) is 13.0. The molecule has 0 N–H and O–H groups in total. The highest BCUT2D eigenvalue weighted by Gasteiger charge is 2.71. The van der Waals surface area contributed by atoms with E-state index in [-0.39, 0.29) is 5.92 Å². The largest absolute Gasteiger partial charge is 0.497 e. The average molecular weight is 397 g/mol. The maximum atomic E-state index is 12.5. The lowest BCUT2D eigenvalue weighted by atomic mass is 9.71. The third-order valence-electron chi connectivity index (χ3n) is 6.42. The average Bonchev–Trinajstić information content (AvgIpc) is 3.29. The molecule has 2 heterocycles. The van der Waals surface area contributed by atoms with Crippen LogP contribution in [-0.2, 0) is 11.1 Å². The van der Waals surface area contributed by atoms with E-state index in [1.165, 1.54) is 6.20 Å². The molecule has 2 aromatic carbocycles. The number of nitroso groups, excluding NO2 is 1. The Morgan fingerprint density at radius 2 is 1.97 bits per heavy atom. The van der Waals surface area contributed by atoms with Crippen molar-refractivity contribution in [1.29, 1.82) is 5.26 Å². The Morgan fingerprint density at radius 1 is 1.20 bits per heavy atom. The molecule has 5 rings (SSSR count). The summed E-state index contributed by atoms with van der Waals surface area (Å²) >= 11 is 0. The van der Waals surface area contributed by atoms with Crippen molar-refractivity contribution in [2.75, 3.05) is 7.11 Å². The fraction of sp³-hybridized carbons (Fsp3) is 0.250. The van der Waals surface area contributed by atoms with Gasteiger partial charge in [0.25, 0.3) is 0 Å². The van der Waals surface area contributed by atoms with E-state index in [9.17, 15) is 10.2 Å². The van der Waals surface area contributed by atoms with Crippen LogP contribution in [0.5, 0.6) is 11.5 Å². The molecule has 3 atom stereocenters. The first-order valence-corrected chi connectivity index (χ1v) is 9.82. The van der Waals surface area contributed by atoms with Gasteiger partial charge in [0.2, 0.25) is 0 Å². The molecule has 6 heteroatoms. The van der Waals surface area contributed by atoms with Crippen LogP contribution < -0.4 is 9.47 Å². The minimum atomic E-state index is -1.18. The maximum Gasteiger partial charge on any atom is 0.192 e. The second-order valence-corrected chi connectivity index (χ2v) is 7.70. The van der Waals surface area contributed by atoms with Gasteiger partial charge in [-0.2, -0.15) is 5.26 Å². The SMILES string of the molecule is COc1ccc(C23Oc4cc(C#N)cnc4C2(N=O)CCC3c2ccccc2)cc1. The lowest BCUT2D eigenvalue weighted by molar-refractivity contribution is 0.0213. The molecule has 0 radical (unpaired) electrons. The highest BCUT2D eigenvalue weighted by Crippen LogP contribution is 2.67. The van der Waals surface area contributed by atoms with E-state index in [0.717, 1.165) is 23.3 Å². The van der Waals surface area contributed by atoms with Gasteiger partial charge in [0.15, 0.2) is 11.1 Å². The Balaban J connectivity index is 1.78. The first-order chi connectivity index (χ1) is 14.7. The molecule has 2 aliphatic rings. The molecule has 0 bridgehead atoms. The van der Waals surface area contributed by atoms with E-state index in [1.807, 2.05) is 42.5 Å². The lowest BCUT2D eigenvalue weighted by Crippen LogP contribution is -2.47. The zero-order valence-corrected chi connectivity index (χ0v) is 16.4. The number of nitriles is 1. The number of hydrogen-bond acceptors (Lipinski definition) is 6. The van der Waals surface area contributed by atoms with Gasteiger partial charge in [-0.1, -0.05) is 47.6 Å². The fourth-order valence-electron chi connectivity index (χ4n) is 5.13. The fourth-order valence-corrected chi connectivity index (χ4v) is 5.13. The van der Waals surface area contributed by atoms with Crippen LogP contribution in [0.15, 0.2) is 72.0 Å². The molecule has 1 saturated carbocycles.